The van der Waals surface area contributed by atoms with Crippen molar-refractivity contribution >= 4 is 23.3 Å². The van der Waals surface area contributed by atoms with Gasteiger partial charge in [0.05, 0.1) is 19.2 Å². The highest BCUT2D eigenvalue weighted by molar-refractivity contribution is 5.95. The lowest BCUT2D eigenvalue weighted by molar-refractivity contribution is -0.115. The molecule has 0 saturated carbocycles. The van der Waals surface area contributed by atoms with E-state index in [0.29, 0.717) is 17.8 Å². The molecule has 1 heterocycles. The van der Waals surface area contributed by atoms with E-state index in [9.17, 15) is 9.59 Å². The lowest BCUT2D eigenvalue weighted by Crippen LogP contribution is -2.31. The Labute approximate surface area is 134 Å². The molecule has 2 aromatic carbocycles. The Morgan fingerprint density at radius 2 is 1.87 bits per heavy atom. The van der Waals surface area contributed by atoms with E-state index in [4.69, 9.17) is 0 Å². The molecule has 0 spiro atoms. The molecule has 0 aliphatic carbocycles. The summed E-state index contributed by atoms with van der Waals surface area (Å²) in [6.07, 6.45) is 0.970. The maximum absolute atomic E-state index is 12.2. The third-order valence-electron chi connectivity index (χ3n) is 3.91. The average Bonchev–Trinajstić information content (AvgIpc) is 2.98. The number of nitrogens with zero attached hydrogens (tertiary/aromatic N) is 1. The van der Waals surface area contributed by atoms with Gasteiger partial charge in [-0.3, -0.25) is 4.79 Å². The first kappa shape index (κ1) is 15.1. The van der Waals surface area contributed by atoms with Gasteiger partial charge in [-0.2, -0.15) is 0 Å². The molecule has 0 atom stereocenters. The minimum Gasteiger partial charge on any atom is -0.465 e. The monoisotopic (exact) mass is 310 g/mol. The van der Waals surface area contributed by atoms with Gasteiger partial charge in [-0.05, 0) is 42.3 Å². The Kier molecular flexibility index (Phi) is 4.28. The van der Waals surface area contributed by atoms with E-state index in [1.54, 1.807) is 24.3 Å². The van der Waals surface area contributed by atoms with E-state index in [0.717, 1.165) is 18.7 Å². The van der Waals surface area contributed by atoms with Crippen molar-refractivity contribution in [1.29, 1.82) is 0 Å². The minimum atomic E-state index is -0.392. The molecule has 0 bridgehead atoms. The summed E-state index contributed by atoms with van der Waals surface area (Å²) in [6.45, 7) is 1.17. The van der Waals surface area contributed by atoms with E-state index in [1.165, 1.54) is 12.7 Å². The average molecular weight is 310 g/mol. The maximum atomic E-state index is 12.2. The minimum absolute atomic E-state index is 0.0764. The number of rotatable bonds is 4. The summed E-state index contributed by atoms with van der Waals surface area (Å²) >= 11 is 0. The summed E-state index contributed by atoms with van der Waals surface area (Å²) in [5.74, 6) is -0.468. The quantitative estimate of drug-likeness (QED) is 0.881. The molecule has 1 aliphatic heterocycles. The number of benzene rings is 2. The van der Waals surface area contributed by atoms with Crippen molar-refractivity contribution in [2.45, 2.75) is 6.42 Å². The number of ether oxygens (including phenoxy) is 1. The summed E-state index contributed by atoms with van der Waals surface area (Å²) in [7, 11) is 1.34. The number of methoxy groups -OCH3 is 1. The van der Waals surface area contributed by atoms with Gasteiger partial charge in [0, 0.05) is 17.9 Å². The van der Waals surface area contributed by atoms with Gasteiger partial charge in [-0.1, -0.05) is 18.2 Å². The van der Waals surface area contributed by atoms with Crippen LogP contribution in [0.25, 0.3) is 0 Å². The molecule has 0 unspecified atom stereocenters. The highest BCUT2D eigenvalue weighted by Gasteiger charge is 2.20. The van der Waals surface area contributed by atoms with Crippen LogP contribution in [0.15, 0.2) is 48.5 Å². The number of nitrogens with one attached hydrogen (secondary N) is 1. The normalized spacial score (nSPS) is 12.7. The lowest BCUT2D eigenvalue weighted by atomic mass is 10.2. The second-order valence-corrected chi connectivity index (χ2v) is 5.42. The van der Waals surface area contributed by atoms with Crippen molar-refractivity contribution in [2.24, 2.45) is 0 Å². The number of anilines is 2. The van der Waals surface area contributed by atoms with Crippen molar-refractivity contribution in [3.8, 4) is 0 Å². The van der Waals surface area contributed by atoms with Crippen LogP contribution in [0.2, 0.25) is 0 Å². The van der Waals surface area contributed by atoms with Crippen LogP contribution in [-0.2, 0) is 16.0 Å². The summed E-state index contributed by atoms with van der Waals surface area (Å²) in [5.41, 5.74) is 3.53. The second-order valence-electron chi connectivity index (χ2n) is 5.42. The summed E-state index contributed by atoms with van der Waals surface area (Å²) in [4.78, 5) is 25.7. The van der Waals surface area contributed by atoms with Gasteiger partial charge in [0.1, 0.15) is 0 Å². The Hall–Kier alpha value is -2.82. The van der Waals surface area contributed by atoms with Crippen molar-refractivity contribution in [1.82, 2.24) is 0 Å². The van der Waals surface area contributed by atoms with Crippen LogP contribution in [-0.4, -0.2) is 32.1 Å². The molecular weight excluding hydrogens is 292 g/mol. The molecule has 2 aromatic rings. The van der Waals surface area contributed by atoms with Gasteiger partial charge in [0.2, 0.25) is 5.91 Å². The Bertz CT molecular complexity index is 725. The maximum Gasteiger partial charge on any atom is 0.337 e. The van der Waals surface area contributed by atoms with Crippen LogP contribution >= 0.6 is 0 Å². The fourth-order valence-corrected chi connectivity index (χ4v) is 2.75. The topological polar surface area (TPSA) is 58.6 Å². The third kappa shape index (κ3) is 3.34. The van der Waals surface area contributed by atoms with Gasteiger partial charge >= 0.3 is 5.97 Å². The van der Waals surface area contributed by atoms with Crippen molar-refractivity contribution in [3.05, 3.63) is 59.7 Å². The van der Waals surface area contributed by atoms with Crippen LogP contribution < -0.4 is 10.2 Å². The summed E-state index contributed by atoms with van der Waals surface area (Å²) in [6, 6.07) is 14.8. The summed E-state index contributed by atoms with van der Waals surface area (Å²) in [5, 5.41) is 2.85. The number of carbonyl (C=O) groups is 2. The van der Waals surface area contributed by atoms with E-state index in [1.807, 2.05) is 18.2 Å². The largest absolute Gasteiger partial charge is 0.465 e. The Balaban J connectivity index is 1.61. The van der Waals surface area contributed by atoms with Crippen LogP contribution in [0, 0.1) is 0 Å². The molecule has 0 saturated heterocycles. The fraction of sp³-hybridized carbons (Fsp3) is 0.222. The molecule has 0 radical (unpaired) electrons. The van der Waals surface area contributed by atoms with E-state index in [2.05, 4.69) is 21.0 Å². The molecule has 0 aromatic heterocycles. The van der Waals surface area contributed by atoms with Gasteiger partial charge < -0.3 is 15.0 Å². The number of esters is 1. The highest BCUT2D eigenvalue weighted by atomic mass is 16.5. The van der Waals surface area contributed by atoms with Crippen molar-refractivity contribution < 1.29 is 14.3 Å². The van der Waals surface area contributed by atoms with Crippen LogP contribution in [0.1, 0.15) is 15.9 Å². The number of hydrogen-bond acceptors (Lipinski definition) is 4. The zero-order valence-corrected chi connectivity index (χ0v) is 12.9. The molecule has 3 rings (SSSR count). The van der Waals surface area contributed by atoms with Gasteiger partial charge in [-0.15, -0.1) is 0 Å². The first-order chi connectivity index (χ1) is 11.2. The zero-order chi connectivity index (χ0) is 16.2. The molecule has 5 nitrogen and oxygen atoms in total. The van der Waals surface area contributed by atoms with Gasteiger partial charge in [0.15, 0.2) is 0 Å². The summed E-state index contributed by atoms with van der Waals surface area (Å²) < 4.78 is 4.65. The number of hydrogen-bond donors (Lipinski definition) is 1. The van der Waals surface area contributed by atoms with Crippen LogP contribution in [0.4, 0.5) is 11.4 Å². The van der Waals surface area contributed by atoms with Crippen LogP contribution in [0.3, 0.4) is 0 Å². The predicted molar refractivity (Wildman–Crippen MR) is 88.8 cm³/mol. The lowest BCUT2D eigenvalue weighted by Gasteiger charge is -2.18. The second kappa shape index (κ2) is 6.52. The van der Waals surface area contributed by atoms with E-state index in [-0.39, 0.29) is 5.91 Å². The van der Waals surface area contributed by atoms with Crippen LogP contribution in [0.5, 0.6) is 0 Å². The van der Waals surface area contributed by atoms with Crippen molar-refractivity contribution in [2.75, 3.05) is 30.4 Å². The number of fused-ring (bicyclic) bond motifs is 1. The third-order valence-corrected chi connectivity index (χ3v) is 3.91. The van der Waals surface area contributed by atoms with Crippen molar-refractivity contribution in [3.63, 3.8) is 0 Å². The van der Waals surface area contributed by atoms with Gasteiger partial charge in [0.25, 0.3) is 0 Å². The number of para-hydroxylation sites is 1. The molecule has 5 heteroatoms. The molecule has 1 amide bonds. The zero-order valence-electron chi connectivity index (χ0n) is 12.9. The molecule has 23 heavy (non-hydrogen) atoms. The van der Waals surface area contributed by atoms with E-state index < -0.39 is 5.97 Å². The van der Waals surface area contributed by atoms with E-state index >= 15 is 0 Å². The number of carbonyl (C=O) groups excluding carboxylic acids is 2. The van der Waals surface area contributed by atoms with Gasteiger partial charge in [-0.25, -0.2) is 4.79 Å². The SMILES string of the molecule is COC(=O)c1ccc(NC(=O)CN2CCc3ccccc32)cc1. The molecule has 1 N–H and O–H groups in total. The standard InChI is InChI=1S/C18H18N2O3/c1-23-18(22)14-6-8-15(9-7-14)19-17(21)12-20-11-10-13-4-2-3-5-16(13)20/h2-9H,10-12H2,1H3,(H,19,21). The Morgan fingerprint density at radius 1 is 1.13 bits per heavy atom. The Morgan fingerprint density at radius 3 is 2.61 bits per heavy atom. The molecular formula is C18H18N2O3. The molecule has 1 aliphatic rings. The first-order valence-electron chi connectivity index (χ1n) is 7.48. The smallest absolute Gasteiger partial charge is 0.337 e. The first-order valence-corrected chi connectivity index (χ1v) is 7.48. The predicted octanol–water partition coefficient (Wildman–Crippen LogP) is 2.47. The fourth-order valence-electron chi connectivity index (χ4n) is 2.75. The molecule has 0 fully saturated rings. The molecule has 118 valence electrons. The highest BCUT2D eigenvalue weighted by Crippen LogP contribution is 2.27. The number of amides is 1.